The van der Waals surface area contributed by atoms with E-state index in [0.29, 0.717) is 51.2 Å². The SMILES string of the molecule is CCOc1ccc([C@H]2C(C(=O)OC)=CN=c3s/c(=C\c4cc(I)c(OCc5ccc(Cl)cc5)c(I)c4)c(=O)n32)cc1OCC. The summed E-state index contributed by atoms with van der Waals surface area (Å²) < 4.78 is 26.6. The van der Waals surface area contributed by atoms with Crippen LogP contribution >= 0.6 is 68.1 Å². The molecule has 4 aromatic rings. The van der Waals surface area contributed by atoms with Crippen LogP contribution in [0.1, 0.15) is 36.6 Å². The number of halogens is 3. The van der Waals surface area contributed by atoms with Gasteiger partial charge in [0.25, 0.3) is 5.56 Å². The molecule has 0 saturated heterocycles. The number of fused-ring (bicyclic) bond motifs is 1. The van der Waals surface area contributed by atoms with Crippen molar-refractivity contribution in [2.45, 2.75) is 26.5 Å². The van der Waals surface area contributed by atoms with Crippen LogP contribution in [0.25, 0.3) is 6.08 Å². The second-order valence-corrected chi connectivity index (χ2v) is 13.2. The van der Waals surface area contributed by atoms with E-state index >= 15 is 0 Å². The van der Waals surface area contributed by atoms with Crippen molar-refractivity contribution in [3.63, 3.8) is 0 Å². The predicted molar refractivity (Wildman–Crippen MR) is 188 cm³/mol. The lowest BCUT2D eigenvalue weighted by atomic mass is 9.97. The molecule has 0 saturated carbocycles. The molecule has 0 bridgehead atoms. The summed E-state index contributed by atoms with van der Waals surface area (Å²) in [5, 5.41) is 0.676. The zero-order valence-electron chi connectivity index (χ0n) is 23.9. The van der Waals surface area contributed by atoms with E-state index in [9.17, 15) is 9.59 Å². The molecule has 5 rings (SSSR count). The molecule has 1 atom stereocenters. The maximum absolute atomic E-state index is 14.0. The van der Waals surface area contributed by atoms with Crippen LogP contribution in [0.4, 0.5) is 0 Å². The Labute approximate surface area is 290 Å². The molecule has 1 aromatic heterocycles. The van der Waals surface area contributed by atoms with Gasteiger partial charge in [-0.25, -0.2) is 9.79 Å². The highest BCUT2D eigenvalue weighted by Gasteiger charge is 2.31. The smallest absolute Gasteiger partial charge is 0.337 e. The summed E-state index contributed by atoms with van der Waals surface area (Å²) in [6.07, 6.45) is 3.31. The molecule has 228 valence electrons. The highest BCUT2D eigenvalue weighted by Crippen LogP contribution is 2.35. The van der Waals surface area contributed by atoms with E-state index < -0.39 is 12.0 Å². The number of hydrogen-bond donors (Lipinski definition) is 0. The molecule has 0 fully saturated rings. The largest absolute Gasteiger partial charge is 0.490 e. The fourth-order valence-electron chi connectivity index (χ4n) is 4.68. The van der Waals surface area contributed by atoms with Crippen molar-refractivity contribution in [1.82, 2.24) is 4.57 Å². The quantitative estimate of drug-likeness (QED) is 0.139. The summed E-state index contributed by atoms with van der Waals surface area (Å²) in [5.74, 6) is 1.30. The van der Waals surface area contributed by atoms with Gasteiger partial charge in [-0.2, -0.15) is 0 Å². The summed E-state index contributed by atoms with van der Waals surface area (Å²) in [5.41, 5.74) is 2.49. The van der Waals surface area contributed by atoms with Gasteiger partial charge in [-0.15, -0.1) is 0 Å². The van der Waals surface area contributed by atoms with Crippen molar-refractivity contribution < 1.29 is 23.7 Å². The van der Waals surface area contributed by atoms with E-state index in [1.165, 1.54) is 29.2 Å². The Morgan fingerprint density at radius 3 is 2.34 bits per heavy atom. The number of carbonyl (C=O) groups excluding carboxylic acids is 1. The van der Waals surface area contributed by atoms with Gasteiger partial charge >= 0.3 is 5.97 Å². The molecule has 3 aromatic carbocycles. The second-order valence-electron chi connectivity index (χ2n) is 9.48. The third-order valence-electron chi connectivity index (χ3n) is 6.62. The average Bonchev–Trinajstić information content (AvgIpc) is 3.32. The minimum Gasteiger partial charge on any atom is -0.490 e. The predicted octanol–water partition coefficient (Wildman–Crippen LogP) is 6.26. The minimum absolute atomic E-state index is 0.240. The van der Waals surface area contributed by atoms with Gasteiger partial charge in [0.2, 0.25) is 0 Å². The maximum atomic E-state index is 14.0. The fourth-order valence-corrected chi connectivity index (χ4v) is 7.90. The Balaban J connectivity index is 1.54. The number of esters is 1. The third kappa shape index (κ3) is 7.00. The monoisotopic (exact) mass is 856 g/mol. The molecule has 0 radical (unpaired) electrons. The van der Waals surface area contributed by atoms with Gasteiger partial charge in [-0.05, 0) is 118 Å². The van der Waals surface area contributed by atoms with Crippen molar-refractivity contribution in [3.8, 4) is 17.2 Å². The van der Waals surface area contributed by atoms with E-state index in [0.717, 1.165) is 24.0 Å². The summed E-state index contributed by atoms with van der Waals surface area (Å²) >= 11 is 11.7. The maximum Gasteiger partial charge on any atom is 0.337 e. The molecule has 0 amide bonds. The van der Waals surface area contributed by atoms with Gasteiger partial charge in [0.1, 0.15) is 12.4 Å². The number of aromatic nitrogens is 1. The molecule has 8 nitrogen and oxygen atoms in total. The average molecular weight is 857 g/mol. The standard InChI is InChI=1S/C32H27ClI2N2O6S/c1-4-41-25-11-8-20(15-26(25)42-5-2)28-22(31(39)40-3)16-36-32-37(28)30(38)27(44-32)14-19-12-23(34)29(24(35)13-19)43-17-18-6-9-21(33)10-7-18/h6-16,28H,4-5,17H2,1-3H3/b27-14-/t28-/m0/s1. The van der Waals surface area contributed by atoms with Gasteiger partial charge in [-0.3, -0.25) is 9.36 Å². The van der Waals surface area contributed by atoms with E-state index in [2.05, 4.69) is 50.2 Å². The van der Waals surface area contributed by atoms with Gasteiger partial charge < -0.3 is 18.9 Å². The van der Waals surface area contributed by atoms with Crippen LogP contribution < -0.4 is 29.1 Å². The lowest BCUT2D eigenvalue weighted by molar-refractivity contribution is -0.136. The van der Waals surface area contributed by atoms with E-state index in [4.69, 9.17) is 30.5 Å². The van der Waals surface area contributed by atoms with Crippen molar-refractivity contribution in [3.05, 3.63) is 115 Å². The number of ether oxygens (including phenoxy) is 4. The van der Waals surface area contributed by atoms with E-state index in [1.807, 2.05) is 62.4 Å². The highest BCUT2D eigenvalue weighted by molar-refractivity contribution is 14.1. The van der Waals surface area contributed by atoms with E-state index in [-0.39, 0.29) is 11.1 Å². The lowest BCUT2D eigenvalue weighted by Gasteiger charge is -2.23. The summed E-state index contributed by atoms with van der Waals surface area (Å²) in [7, 11) is 1.31. The molecule has 12 heteroatoms. The molecule has 2 heterocycles. The molecule has 1 aliphatic heterocycles. The Morgan fingerprint density at radius 1 is 1.00 bits per heavy atom. The van der Waals surface area contributed by atoms with Crippen molar-refractivity contribution in [1.29, 1.82) is 0 Å². The van der Waals surface area contributed by atoms with Gasteiger partial charge in [0.05, 0.1) is 43.6 Å². The van der Waals surface area contributed by atoms with Gasteiger partial charge in [0, 0.05) is 11.2 Å². The third-order valence-corrected chi connectivity index (χ3v) is 9.47. The second kappa shape index (κ2) is 14.5. The number of rotatable bonds is 10. The van der Waals surface area contributed by atoms with Crippen LogP contribution in [0.5, 0.6) is 17.2 Å². The van der Waals surface area contributed by atoms with Gasteiger partial charge in [-0.1, -0.05) is 41.1 Å². The Bertz CT molecular complexity index is 1900. The first-order valence-corrected chi connectivity index (χ1v) is 16.9. The van der Waals surface area contributed by atoms with Gasteiger partial charge in [0.15, 0.2) is 16.3 Å². The highest BCUT2D eigenvalue weighted by atomic mass is 127. The number of benzene rings is 3. The number of methoxy groups -OCH3 is 1. The zero-order chi connectivity index (χ0) is 31.4. The first-order valence-electron chi connectivity index (χ1n) is 13.6. The first-order chi connectivity index (χ1) is 21.2. The van der Waals surface area contributed by atoms with Crippen molar-refractivity contribution >= 4 is 80.2 Å². The summed E-state index contributed by atoms with van der Waals surface area (Å²) in [4.78, 5) is 31.8. The van der Waals surface area contributed by atoms with Crippen LogP contribution in [-0.4, -0.2) is 30.9 Å². The number of nitrogens with zero attached hydrogens (tertiary/aromatic N) is 2. The topological polar surface area (TPSA) is 88.4 Å². The summed E-state index contributed by atoms with van der Waals surface area (Å²) in [6.45, 7) is 5.07. The molecule has 0 spiro atoms. The fraction of sp³-hybridized carbons (Fsp3) is 0.219. The van der Waals surface area contributed by atoms with Crippen LogP contribution in [0.3, 0.4) is 0 Å². The lowest BCUT2D eigenvalue weighted by Crippen LogP contribution is -2.39. The number of thiazole rings is 1. The first kappa shape index (κ1) is 32.5. The number of carbonyl (C=O) groups is 1. The van der Waals surface area contributed by atoms with E-state index in [1.54, 1.807) is 12.1 Å². The molecular formula is C32H27ClI2N2O6S. The zero-order valence-corrected chi connectivity index (χ0v) is 29.8. The Hall–Kier alpha value is -2.88. The molecule has 0 aliphatic carbocycles. The minimum atomic E-state index is -0.764. The van der Waals surface area contributed by atoms with Crippen molar-refractivity contribution in [2.24, 2.45) is 4.99 Å². The normalized spacial score (nSPS) is 14.4. The molecule has 0 unspecified atom stereocenters. The Morgan fingerprint density at radius 2 is 1.68 bits per heavy atom. The molecule has 44 heavy (non-hydrogen) atoms. The van der Waals surface area contributed by atoms with Crippen LogP contribution in [-0.2, 0) is 16.1 Å². The van der Waals surface area contributed by atoms with Crippen LogP contribution in [0.15, 0.2) is 76.2 Å². The summed E-state index contributed by atoms with van der Waals surface area (Å²) in [6, 6.07) is 16.1. The van der Waals surface area contributed by atoms with Crippen molar-refractivity contribution in [2.75, 3.05) is 20.3 Å². The van der Waals surface area contributed by atoms with Crippen LogP contribution in [0, 0.1) is 7.14 Å². The number of hydrogen-bond acceptors (Lipinski definition) is 8. The molecule has 1 aliphatic rings. The Kier molecular flexibility index (Phi) is 10.7. The van der Waals surface area contributed by atoms with Crippen LogP contribution in [0.2, 0.25) is 5.02 Å². The molecule has 0 N–H and O–H groups in total. The molecular weight excluding hydrogens is 830 g/mol.